The van der Waals surface area contributed by atoms with Crippen molar-refractivity contribution in [2.75, 3.05) is 11.9 Å². The largest absolute Gasteiger partial charge is 0.451 e. The molecule has 0 saturated carbocycles. The van der Waals surface area contributed by atoms with Gasteiger partial charge in [-0.2, -0.15) is 0 Å². The monoisotopic (exact) mass is 419 g/mol. The Hall–Kier alpha value is -2.44. The maximum Gasteiger partial charge on any atom is 0.350 e. The van der Waals surface area contributed by atoms with Crippen molar-refractivity contribution in [3.8, 4) is 0 Å². The van der Waals surface area contributed by atoms with Crippen LogP contribution in [0, 0.1) is 5.82 Å². The second kappa shape index (κ2) is 8.71. The average molecular weight is 420 g/mol. The third kappa shape index (κ3) is 4.18. The summed E-state index contributed by atoms with van der Waals surface area (Å²) < 4.78 is 19.0. The highest BCUT2D eigenvalue weighted by atomic mass is 35.5. The van der Waals surface area contributed by atoms with Gasteiger partial charge in [-0.05, 0) is 42.2 Å². The molecule has 4 nitrogen and oxygen atoms in total. The van der Waals surface area contributed by atoms with Gasteiger partial charge in [0, 0.05) is 15.8 Å². The lowest BCUT2D eigenvalue weighted by Gasteiger charge is -2.14. The number of nitrogens with one attached hydrogen (secondary N) is 1. The molecule has 2 aromatic carbocycles. The molecule has 1 aromatic heterocycles. The molecule has 0 bridgehead atoms. The molecule has 1 N–H and O–H groups in total. The molecule has 28 heavy (non-hydrogen) atoms. The first-order valence-electron chi connectivity index (χ1n) is 8.89. The molecular formula is C21H19ClFNO3S. The lowest BCUT2D eigenvalue weighted by Crippen LogP contribution is -2.22. The Balaban J connectivity index is 1.70. The summed E-state index contributed by atoms with van der Waals surface area (Å²) in [6.45, 7) is 3.59. The van der Waals surface area contributed by atoms with Crippen molar-refractivity contribution in [1.82, 2.24) is 0 Å². The summed E-state index contributed by atoms with van der Waals surface area (Å²) >= 11 is 7.25. The number of hydrogen-bond acceptors (Lipinski definition) is 4. The van der Waals surface area contributed by atoms with Crippen molar-refractivity contribution in [1.29, 1.82) is 0 Å². The molecule has 0 saturated heterocycles. The minimum atomic E-state index is -0.707. The molecule has 0 fully saturated rings. The van der Waals surface area contributed by atoms with Crippen LogP contribution in [0.2, 0.25) is 5.02 Å². The molecule has 0 spiro atoms. The standard InChI is InChI=1S/C21H19ClFNO3S/c1-3-12-6-5-7-13(4-2)19(12)24-17(25)11-27-21(26)20-18(22)15-9-8-14(23)10-16(15)28-20/h5-10H,3-4,11H2,1-2H3,(H,24,25). The summed E-state index contributed by atoms with van der Waals surface area (Å²) in [6.07, 6.45) is 1.55. The number of benzene rings is 2. The Kier molecular flexibility index (Phi) is 6.31. The third-order valence-corrected chi connectivity index (χ3v) is 6.01. The van der Waals surface area contributed by atoms with Crippen molar-refractivity contribution in [3.05, 3.63) is 63.2 Å². The van der Waals surface area contributed by atoms with Crippen LogP contribution >= 0.6 is 22.9 Å². The molecule has 1 heterocycles. The summed E-state index contributed by atoms with van der Waals surface area (Å²) in [5.41, 5.74) is 2.81. The molecule has 1 amide bonds. The predicted octanol–water partition coefficient (Wildman–Crippen LogP) is 5.61. The normalized spacial score (nSPS) is 10.9. The van der Waals surface area contributed by atoms with Gasteiger partial charge in [-0.3, -0.25) is 4.79 Å². The minimum Gasteiger partial charge on any atom is -0.451 e. The summed E-state index contributed by atoms with van der Waals surface area (Å²) in [4.78, 5) is 24.8. The highest BCUT2D eigenvalue weighted by molar-refractivity contribution is 7.21. The first-order valence-corrected chi connectivity index (χ1v) is 10.1. The van der Waals surface area contributed by atoms with E-state index >= 15 is 0 Å². The second-order valence-electron chi connectivity index (χ2n) is 6.17. The van der Waals surface area contributed by atoms with Crippen LogP contribution in [-0.4, -0.2) is 18.5 Å². The van der Waals surface area contributed by atoms with Crippen LogP contribution in [0.1, 0.15) is 34.6 Å². The Bertz CT molecular complexity index is 1030. The van der Waals surface area contributed by atoms with Crippen LogP contribution in [0.3, 0.4) is 0 Å². The number of hydrogen-bond donors (Lipinski definition) is 1. The number of para-hydroxylation sites is 1. The van der Waals surface area contributed by atoms with E-state index in [1.807, 2.05) is 32.0 Å². The Morgan fingerprint density at radius 1 is 1.14 bits per heavy atom. The van der Waals surface area contributed by atoms with Gasteiger partial charge in [-0.25, -0.2) is 9.18 Å². The molecular weight excluding hydrogens is 401 g/mol. The Labute approximate surface area is 171 Å². The zero-order chi connectivity index (χ0) is 20.3. The number of halogens is 2. The van der Waals surface area contributed by atoms with Gasteiger partial charge in [-0.15, -0.1) is 11.3 Å². The molecule has 7 heteroatoms. The summed E-state index contributed by atoms with van der Waals surface area (Å²) in [5, 5.41) is 3.62. The SMILES string of the molecule is CCc1cccc(CC)c1NC(=O)COC(=O)c1sc2cc(F)ccc2c1Cl. The summed E-state index contributed by atoms with van der Waals surface area (Å²) in [7, 11) is 0. The van der Waals surface area contributed by atoms with Crippen molar-refractivity contribution in [2.24, 2.45) is 0 Å². The highest BCUT2D eigenvalue weighted by Crippen LogP contribution is 2.36. The fourth-order valence-corrected chi connectivity index (χ4v) is 4.37. The zero-order valence-corrected chi connectivity index (χ0v) is 17.0. The number of anilines is 1. The Morgan fingerprint density at radius 2 is 1.82 bits per heavy atom. The fraction of sp³-hybridized carbons (Fsp3) is 0.238. The van der Waals surface area contributed by atoms with Gasteiger partial charge >= 0.3 is 5.97 Å². The molecule has 0 aliphatic rings. The predicted molar refractivity (Wildman–Crippen MR) is 111 cm³/mol. The molecule has 3 rings (SSSR count). The van der Waals surface area contributed by atoms with E-state index in [4.69, 9.17) is 16.3 Å². The van der Waals surface area contributed by atoms with Crippen molar-refractivity contribution >= 4 is 50.6 Å². The van der Waals surface area contributed by atoms with Gasteiger partial charge in [0.1, 0.15) is 10.7 Å². The fourth-order valence-electron chi connectivity index (χ4n) is 2.95. The Morgan fingerprint density at radius 3 is 2.46 bits per heavy atom. The lowest BCUT2D eigenvalue weighted by molar-refractivity contribution is -0.119. The molecule has 0 unspecified atom stereocenters. The van der Waals surface area contributed by atoms with E-state index in [9.17, 15) is 14.0 Å². The van der Waals surface area contributed by atoms with Gasteiger partial charge in [0.15, 0.2) is 6.61 Å². The van der Waals surface area contributed by atoms with E-state index < -0.39 is 24.3 Å². The topological polar surface area (TPSA) is 55.4 Å². The quantitative estimate of drug-likeness (QED) is 0.528. The number of carbonyl (C=O) groups excluding carboxylic acids is 2. The minimum absolute atomic E-state index is 0.151. The van der Waals surface area contributed by atoms with Crippen LogP contribution in [0.25, 0.3) is 10.1 Å². The molecule has 0 atom stereocenters. The van der Waals surface area contributed by atoms with Crippen molar-refractivity contribution in [3.63, 3.8) is 0 Å². The molecule has 3 aromatic rings. The van der Waals surface area contributed by atoms with E-state index in [1.165, 1.54) is 18.2 Å². The van der Waals surface area contributed by atoms with Crippen LogP contribution in [0.5, 0.6) is 0 Å². The van der Waals surface area contributed by atoms with Gasteiger partial charge in [0.25, 0.3) is 5.91 Å². The average Bonchev–Trinajstić information content (AvgIpc) is 3.02. The van der Waals surface area contributed by atoms with Crippen molar-refractivity contribution < 1.29 is 18.7 Å². The number of ether oxygens (including phenoxy) is 1. The van der Waals surface area contributed by atoms with Gasteiger partial charge in [0.05, 0.1) is 5.02 Å². The number of rotatable bonds is 6. The van der Waals surface area contributed by atoms with Gasteiger partial charge < -0.3 is 10.1 Å². The third-order valence-electron chi connectivity index (χ3n) is 4.37. The van der Waals surface area contributed by atoms with E-state index in [-0.39, 0.29) is 9.90 Å². The second-order valence-corrected chi connectivity index (χ2v) is 7.60. The molecule has 0 radical (unpaired) electrons. The summed E-state index contributed by atoms with van der Waals surface area (Å²) in [5.74, 6) is -1.54. The van der Waals surface area contributed by atoms with E-state index in [1.54, 1.807) is 0 Å². The number of fused-ring (bicyclic) bond motifs is 1. The van der Waals surface area contributed by atoms with Crippen molar-refractivity contribution in [2.45, 2.75) is 26.7 Å². The number of amides is 1. The smallest absolute Gasteiger partial charge is 0.350 e. The van der Waals surface area contributed by atoms with Crippen LogP contribution in [0.4, 0.5) is 10.1 Å². The van der Waals surface area contributed by atoms with Gasteiger partial charge in [0.2, 0.25) is 0 Å². The van der Waals surface area contributed by atoms with Gasteiger partial charge in [-0.1, -0.05) is 43.6 Å². The molecule has 146 valence electrons. The van der Waals surface area contributed by atoms with E-state index in [0.717, 1.165) is 41.0 Å². The maximum absolute atomic E-state index is 13.4. The highest BCUT2D eigenvalue weighted by Gasteiger charge is 2.20. The zero-order valence-electron chi connectivity index (χ0n) is 15.5. The van der Waals surface area contributed by atoms with Crippen LogP contribution in [0.15, 0.2) is 36.4 Å². The first kappa shape index (κ1) is 20.3. The number of esters is 1. The summed E-state index contributed by atoms with van der Waals surface area (Å²) in [6, 6.07) is 9.97. The lowest BCUT2D eigenvalue weighted by atomic mass is 10.0. The van der Waals surface area contributed by atoms with Crippen LogP contribution < -0.4 is 5.32 Å². The number of thiophene rings is 1. The number of aryl methyl sites for hydroxylation is 2. The maximum atomic E-state index is 13.4. The van der Waals surface area contributed by atoms with Crippen LogP contribution in [-0.2, 0) is 22.4 Å². The van der Waals surface area contributed by atoms with E-state index in [0.29, 0.717) is 10.1 Å². The first-order chi connectivity index (χ1) is 13.4. The number of carbonyl (C=O) groups is 2. The van der Waals surface area contributed by atoms with E-state index in [2.05, 4.69) is 5.32 Å². The molecule has 0 aliphatic heterocycles. The molecule has 0 aliphatic carbocycles.